The summed E-state index contributed by atoms with van der Waals surface area (Å²) in [5.74, 6) is -3.22. The number of fused-ring (bicyclic) bond motifs is 1. The van der Waals surface area contributed by atoms with Gasteiger partial charge in [0.15, 0.2) is 17.7 Å². The molecule has 0 saturated carbocycles. The Balaban J connectivity index is 1.03. The molecule has 2 aliphatic heterocycles. The second kappa shape index (κ2) is 27.4. The van der Waals surface area contributed by atoms with Crippen LogP contribution in [0.5, 0.6) is 0 Å². The van der Waals surface area contributed by atoms with Crippen LogP contribution in [-0.4, -0.2) is 147 Å². The lowest BCUT2D eigenvalue weighted by atomic mass is 9.84. The van der Waals surface area contributed by atoms with Gasteiger partial charge < -0.3 is 61.7 Å². The maximum Gasteiger partial charge on any atom is 0.407 e. The minimum Gasteiger partial charge on any atom is -0.445 e. The summed E-state index contributed by atoms with van der Waals surface area (Å²) in [5.41, 5.74) is 1.67. The Bertz CT molecular complexity index is 2470. The molecule has 3 unspecified atom stereocenters. The number of likely N-dealkylation sites (tertiary alicyclic amines) is 1. The number of ether oxygens (including phenoxy) is 2. The molecule has 2 aliphatic rings. The molecule has 0 aliphatic carbocycles. The molecule has 5 rings (SSSR count). The van der Waals surface area contributed by atoms with Gasteiger partial charge in [0.2, 0.25) is 35.4 Å². The SMILES string of the molecule is C=CCC(I)(CCC)C1CC(=O)N(CCC(=O)N[C@H](C(=O)N[C@@H](C)C(=O)Nc2ccc(COC(=O)NCC(=O)N[C@@H]3[C@@H](O)[C@H](O)[C@H](Nc4ncnc5nc(C(C=C)CCCC)[nH]c45)O[C@H]3CO)cc2)C(C)C)C1=O. The maximum atomic E-state index is 13.3. The van der Waals surface area contributed by atoms with Crippen LogP contribution in [0.2, 0.25) is 0 Å². The van der Waals surface area contributed by atoms with E-state index in [1.54, 1.807) is 50.3 Å². The predicted octanol–water partition coefficient (Wildman–Crippen LogP) is 2.97. The average molecular weight is 1140 g/mol. The number of halogens is 1. The van der Waals surface area contributed by atoms with Gasteiger partial charge in [0.25, 0.3) is 0 Å². The second-order valence-electron chi connectivity index (χ2n) is 18.8. The topological polar surface area (TPSA) is 329 Å². The number of imidazole rings is 1. The van der Waals surface area contributed by atoms with Gasteiger partial charge in [-0.1, -0.05) is 93.8 Å². The summed E-state index contributed by atoms with van der Waals surface area (Å²) in [7, 11) is 0. The molecule has 24 heteroatoms. The van der Waals surface area contributed by atoms with Crippen LogP contribution in [0.25, 0.3) is 11.2 Å². The zero-order chi connectivity index (χ0) is 54.3. The largest absolute Gasteiger partial charge is 0.445 e. The molecule has 2 aromatic heterocycles. The highest BCUT2D eigenvalue weighted by atomic mass is 127. The third-order valence-electron chi connectivity index (χ3n) is 12.9. The van der Waals surface area contributed by atoms with Crippen molar-refractivity contribution in [2.45, 2.75) is 145 Å². The van der Waals surface area contributed by atoms with Crippen LogP contribution in [0.15, 0.2) is 55.9 Å². The molecule has 404 valence electrons. The molecule has 0 spiro atoms. The quantitative estimate of drug-likeness (QED) is 0.0227. The van der Waals surface area contributed by atoms with Crippen molar-refractivity contribution in [1.82, 2.24) is 46.1 Å². The Kier molecular flexibility index (Phi) is 21.8. The molecule has 0 radical (unpaired) electrons. The number of hydrogen-bond acceptors (Lipinski definition) is 16. The Morgan fingerprint density at radius 3 is 2.39 bits per heavy atom. The van der Waals surface area contributed by atoms with Crippen molar-refractivity contribution in [3.63, 3.8) is 0 Å². The van der Waals surface area contributed by atoms with E-state index in [0.29, 0.717) is 34.7 Å². The van der Waals surface area contributed by atoms with Gasteiger partial charge in [-0.3, -0.25) is 33.7 Å². The highest BCUT2D eigenvalue weighted by molar-refractivity contribution is 14.1. The molecular weight excluding hydrogens is 1070 g/mol. The first-order valence-electron chi connectivity index (χ1n) is 24.8. The number of aromatic nitrogens is 4. The lowest BCUT2D eigenvalue weighted by Gasteiger charge is -2.42. The molecule has 7 amide bonds. The summed E-state index contributed by atoms with van der Waals surface area (Å²) in [6, 6.07) is 2.94. The molecule has 10 atom stereocenters. The molecular formula is C50H70IN11O12. The van der Waals surface area contributed by atoms with Crippen molar-refractivity contribution in [1.29, 1.82) is 0 Å². The van der Waals surface area contributed by atoms with E-state index in [2.05, 4.69) is 94.5 Å². The van der Waals surface area contributed by atoms with Crippen molar-refractivity contribution < 1.29 is 58.4 Å². The highest BCUT2D eigenvalue weighted by Crippen LogP contribution is 2.43. The number of allylic oxidation sites excluding steroid dienone is 2. The third kappa shape index (κ3) is 15.3. The van der Waals surface area contributed by atoms with E-state index in [1.807, 2.05) is 6.92 Å². The van der Waals surface area contributed by atoms with Crippen LogP contribution in [0.3, 0.4) is 0 Å². The Labute approximate surface area is 443 Å². The zero-order valence-corrected chi connectivity index (χ0v) is 44.6. The molecule has 1 aromatic carbocycles. The van der Waals surface area contributed by atoms with Crippen molar-refractivity contribution in [3.8, 4) is 0 Å². The van der Waals surface area contributed by atoms with Crippen LogP contribution in [-0.2, 0) is 44.8 Å². The number of aromatic amines is 1. The number of benzene rings is 1. The van der Waals surface area contributed by atoms with Crippen molar-refractivity contribution in [3.05, 3.63) is 67.3 Å². The smallest absolute Gasteiger partial charge is 0.407 e. The lowest BCUT2D eigenvalue weighted by Crippen LogP contribution is -2.66. The van der Waals surface area contributed by atoms with Crippen molar-refractivity contribution in [2.24, 2.45) is 11.8 Å². The van der Waals surface area contributed by atoms with E-state index in [9.17, 15) is 48.9 Å². The fourth-order valence-electron chi connectivity index (χ4n) is 8.76. The number of unbranched alkanes of at least 4 members (excludes halogenated alkanes) is 1. The fourth-order valence-corrected chi connectivity index (χ4v) is 10.1. The number of aliphatic hydroxyl groups excluding tert-OH is 3. The first-order chi connectivity index (χ1) is 35.3. The number of alkyl carbamates (subject to hydrolysis) is 1. The molecule has 3 aromatic rings. The number of anilines is 2. The monoisotopic (exact) mass is 1140 g/mol. The minimum absolute atomic E-state index is 0.0535. The second-order valence-corrected chi connectivity index (χ2v) is 21.0. The number of alkyl halides is 1. The molecule has 10 N–H and O–H groups in total. The fraction of sp³-hybridized carbons (Fsp3) is 0.560. The van der Waals surface area contributed by atoms with E-state index >= 15 is 0 Å². The van der Waals surface area contributed by atoms with E-state index < -0.39 is 94.9 Å². The average Bonchev–Trinajstić information content (AvgIpc) is 3.94. The van der Waals surface area contributed by atoms with E-state index in [1.165, 1.54) is 13.3 Å². The summed E-state index contributed by atoms with van der Waals surface area (Å²) in [5, 5.41) is 48.0. The number of H-pyrrole nitrogens is 1. The Morgan fingerprint density at radius 2 is 1.74 bits per heavy atom. The van der Waals surface area contributed by atoms with Gasteiger partial charge in [-0.05, 0) is 49.8 Å². The van der Waals surface area contributed by atoms with Crippen molar-refractivity contribution in [2.75, 3.05) is 30.3 Å². The van der Waals surface area contributed by atoms with Crippen LogP contribution in [0.1, 0.15) is 103 Å². The Hall–Kier alpha value is -6.09. The summed E-state index contributed by atoms with van der Waals surface area (Å²) in [6.07, 6.45) is 2.94. The van der Waals surface area contributed by atoms with E-state index in [4.69, 9.17) is 9.47 Å². The first kappa shape index (κ1) is 58.8. The van der Waals surface area contributed by atoms with E-state index in [0.717, 1.165) is 37.0 Å². The van der Waals surface area contributed by atoms with Gasteiger partial charge in [0, 0.05) is 34.4 Å². The van der Waals surface area contributed by atoms with E-state index in [-0.39, 0.29) is 55.5 Å². The predicted molar refractivity (Wildman–Crippen MR) is 281 cm³/mol. The summed E-state index contributed by atoms with van der Waals surface area (Å²) >= 11 is 2.26. The molecule has 4 heterocycles. The highest BCUT2D eigenvalue weighted by Gasteiger charge is 2.49. The molecule has 23 nitrogen and oxygen atoms in total. The number of rotatable bonds is 27. The number of nitrogens with one attached hydrogen (secondary N) is 7. The number of hydrogen-bond donors (Lipinski definition) is 10. The van der Waals surface area contributed by atoms with Crippen molar-refractivity contribution >= 4 is 86.8 Å². The van der Waals surface area contributed by atoms with Gasteiger partial charge >= 0.3 is 6.09 Å². The normalized spacial score (nSPS) is 21.7. The van der Waals surface area contributed by atoms with Crippen LogP contribution >= 0.6 is 22.6 Å². The minimum atomic E-state index is -1.63. The first-order valence-corrected chi connectivity index (χ1v) is 25.9. The number of amides is 7. The number of nitrogens with zero attached hydrogens (tertiary/aromatic N) is 4. The zero-order valence-electron chi connectivity index (χ0n) is 42.4. The van der Waals surface area contributed by atoms with Crippen LogP contribution in [0.4, 0.5) is 16.3 Å². The number of carbonyl (C=O) groups is 7. The van der Waals surface area contributed by atoms with Gasteiger partial charge in [-0.15, -0.1) is 13.2 Å². The number of aliphatic hydroxyl groups is 3. The summed E-state index contributed by atoms with van der Waals surface area (Å²) in [4.78, 5) is 108. The maximum absolute atomic E-state index is 13.3. The lowest BCUT2D eigenvalue weighted by molar-refractivity contribution is -0.185. The number of imide groups is 1. The van der Waals surface area contributed by atoms with Gasteiger partial charge in [-0.25, -0.2) is 19.7 Å². The third-order valence-corrected chi connectivity index (χ3v) is 14.7. The molecule has 0 bridgehead atoms. The summed E-state index contributed by atoms with van der Waals surface area (Å²) in [6.45, 7) is 15.2. The number of carbonyl (C=O) groups excluding carboxylic acids is 7. The Morgan fingerprint density at radius 1 is 1.01 bits per heavy atom. The van der Waals surface area contributed by atoms with Crippen LogP contribution in [0, 0.1) is 11.8 Å². The van der Waals surface area contributed by atoms with Gasteiger partial charge in [-0.2, -0.15) is 0 Å². The van der Waals surface area contributed by atoms with Gasteiger partial charge in [0.1, 0.15) is 61.2 Å². The van der Waals surface area contributed by atoms with Gasteiger partial charge in [0.05, 0.1) is 18.6 Å². The molecule has 2 saturated heterocycles. The molecule has 74 heavy (non-hydrogen) atoms. The van der Waals surface area contributed by atoms with Crippen LogP contribution < -0.4 is 31.9 Å². The standard InChI is InChI=1S/C50H70IN11O12/c1-8-12-13-30(11-4)42-59-39-43(60-42)53-26-54-44(39)61-47-41(68)40(67)38(33(24-63)74-47)58-35(65)23-52-49(72)73-25-29-14-16-31(17-15-29)56-45(69)28(7)55-46(70)37(27(5)6)57-34(64)18-21-62-36(66)22-32(48(62)71)50(51,19-9-2)20-10-3/h9,11,14-17,26-28,30,32-33,37-38,40-41,47,63,67-68H,2,4,8,10,12-13,18-25H2,1,3,5-7H3,(H,52,72)(H,55,70)(H,56,69)(H,57,64)(H,58,65)(H2,53,54,59,60,61)/t28-,30?,32?,33-,37-,38-,40+,41-,47+,50?/m0/s1. The molecule has 2 fully saturated rings. The summed E-state index contributed by atoms with van der Waals surface area (Å²) < 4.78 is 10.6.